The van der Waals surface area contributed by atoms with Crippen molar-refractivity contribution < 1.29 is 19.1 Å². The number of hydrazone groups is 1. The summed E-state index contributed by atoms with van der Waals surface area (Å²) in [6.45, 7) is 4.11. The number of nitrogens with one attached hydrogen (secondary N) is 2. The molecule has 4 aromatic carbocycles. The second-order valence-electron chi connectivity index (χ2n) is 9.11. The number of aryl methyl sites for hydroxylation is 1. The molecule has 206 valence electrons. The number of carbonyl (C=O) groups excluding carboxylic acids is 2. The molecule has 1 amide bonds. The number of aromatic nitrogens is 1. The number of hydrogen-bond acceptors (Lipinski definition) is 5. The van der Waals surface area contributed by atoms with E-state index < -0.39 is 11.9 Å². The van der Waals surface area contributed by atoms with E-state index in [-0.39, 0.29) is 5.75 Å². The average Bonchev–Trinajstić information content (AvgIpc) is 3.35. The molecular formula is C32H25BrClN3O4. The fraction of sp³-hybridized carbons (Fsp3) is 0.0938. The lowest BCUT2D eigenvalue weighted by Crippen LogP contribution is -2.19. The summed E-state index contributed by atoms with van der Waals surface area (Å²) in [6.07, 6.45) is 1.49. The zero-order chi connectivity index (χ0) is 28.9. The number of rotatable bonds is 8. The van der Waals surface area contributed by atoms with E-state index in [1.807, 2.05) is 56.3 Å². The van der Waals surface area contributed by atoms with Crippen molar-refractivity contribution in [3.05, 3.63) is 117 Å². The minimum Gasteiger partial charge on any atom is -0.490 e. The molecule has 0 aliphatic rings. The SMILES string of the molecule is CCOc1cc(C=NNC(=O)c2[nH]c3c(Br)cccc3c2-c2ccccc2Cl)ccc1OC(=O)c1cccc(C)c1. The first-order valence-corrected chi connectivity index (χ1v) is 14.0. The summed E-state index contributed by atoms with van der Waals surface area (Å²) in [5.41, 5.74) is 7.13. The third-order valence-electron chi connectivity index (χ3n) is 6.26. The second-order valence-corrected chi connectivity index (χ2v) is 10.4. The Morgan fingerprint density at radius 1 is 1.00 bits per heavy atom. The maximum atomic E-state index is 13.3. The lowest BCUT2D eigenvalue weighted by molar-refractivity contribution is 0.0728. The molecule has 0 saturated heterocycles. The predicted octanol–water partition coefficient (Wildman–Crippen LogP) is 7.94. The first-order chi connectivity index (χ1) is 19.9. The van der Waals surface area contributed by atoms with Gasteiger partial charge in [-0.3, -0.25) is 4.79 Å². The standard InChI is InChI=1S/C32H25BrClN3O4/c1-3-40-27-17-20(14-15-26(27)41-32(39)21-9-6-8-19(2)16-21)18-35-37-31(38)30-28(22-10-4-5-13-25(22)34)23-11-7-12-24(33)29(23)36-30/h4-18,36H,3H2,1-2H3,(H,37,38). The molecule has 0 spiro atoms. The number of nitrogens with zero attached hydrogens (tertiary/aromatic N) is 1. The van der Waals surface area contributed by atoms with E-state index in [0.29, 0.717) is 39.8 Å². The van der Waals surface area contributed by atoms with Gasteiger partial charge in [0.15, 0.2) is 11.5 Å². The molecule has 0 fully saturated rings. The van der Waals surface area contributed by atoms with E-state index in [2.05, 4.69) is 31.4 Å². The Morgan fingerprint density at radius 2 is 1.80 bits per heavy atom. The number of halogens is 2. The number of para-hydroxylation sites is 1. The van der Waals surface area contributed by atoms with Gasteiger partial charge in [0.1, 0.15) is 5.69 Å². The molecule has 9 heteroatoms. The molecular weight excluding hydrogens is 606 g/mol. The van der Waals surface area contributed by atoms with Crippen molar-refractivity contribution in [3.63, 3.8) is 0 Å². The summed E-state index contributed by atoms with van der Waals surface area (Å²) in [7, 11) is 0. The van der Waals surface area contributed by atoms with Crippen LogP contribution in [0.4, 0.5) is 0 Å². The summed E-state index contributed by atoms with van der Waals surface area (Å²) in [6, 6.07) is 25.3. The quantitative estimate of drug-likeness (QED) is 0.0788. The van der Waals surface area contributed by atoms with Crippen LogP contribution in [0.2, 0.25) is 5.02 Å². The third kappa shape index (κ3) is 6.19. The van der Waals surface area contributed by atoms with E-state index in [9.17, 15) is 9.59 Å². The zero-order valence-corrected chi connectivity index (χ0v) is 24.5. The smallest absolute Gasteiger partial charge is 0.343 e. The van der Waals surface area contributed by atoms with E-state index in [1.54, 1.807) is 42.5 Å². The van der Waals surface area contributed by atoms with Gasteiger partial charge in [0.05, 0.1) is 23.9 Å². The van der Waals surface area contributed by atoms with Crippen LogP contribution in [-0.2, 0) is 0 Å². The molecule has 0 saturated carbocycles. The van der Waals surface area contributed by atoms with Crippen LogP contribution in [-0.4, -0.2) is 29.7 Å². The van der Waals surface area contributed by atoms with Crippen LogP contribution in [0.3, 0.4) is 0 Å². The molecule has 0 aliphatic carbocycles. The van der Waals surface area contributed by atoms with Gasteiger partial charge < -0.3 is 14.5 Å². The lowest BCUT2D eigenvalue weighted by Gasteiger charge is -2.11. The van der Waals surface area contributed by atoms with Gasteiger partial charge in [-0.15, -0.1) is 0 Å². The van der Waals surface area contributed by atoms with Crippen LogP contribution >= 0.6 is 27.5 Å². The summed E-state index contributed by atoms with van der Waals surface area (Å²) < 4.78 is 12.1. The van der Waals surface area contributed by atoms with Crippen molar-refractivity contribution >= 4 is 56.5 Å². The van der Waals surface area contributed by atoms with E-state index in [4.69, 9.17) is 21.1 Å². The van der Waals surface area contributed by atoms with E-state index >= 15 is 0 Å². The first kappa shape index (κ1) is 28.1. The Hall–Kier alpha value is -4.40. The molecule has 0 bridgehead atoms. The van der Waals surface area contributed by atoms with Crippen molar-refractivity contribution in [1.29, 1.82) is 0 Å². The predicted molar refractivity (Wildman–Crippen MR) is 165 cm³/mol. The van der Waals surface area contributed by atoms with Crippen LogP contribution < -0.4 is 14.9 Å². The van der Waals surface area contributed by atoms with Gasteiger partial charge in [0.25, 0.3) is 5.91 Å². The van der Waals surface area contributed by atoms with Gasteiger partial charge in [-0.05, 0) is 77.8 Å². The summed E-state index contributed by atoms with van der Waals surface area (Å²) in [5.74, 6) is -0.256. The number of amides is 1. The van der Waals surface area contributed by atoms with Crippen molar-refractivity contribution in [3.8, 4) is 22.6 Å². The second kappa shape index (κ2) is 12.4. The summed E-state index contributed by atoms with van der Waals surface area (Å²) in [5, 5.41) is 5.54. The Bertz CT molecular complexity index is 1800. The van der Waals surface area contributed by atoms with Crippen molar-refractivity contribution in [2.75, 3.05) is 6.61 Å². The molecule has 0 unspecified atom stereocenters. The number of ether oxygens (including phenoxy) is 2. The maximum Gasteiger partial charge on any atom is 0.343 e. The van der Waals surface area contributed by atoms with Crippen LogP contribution in [0.5, 0.6) is 11.5 Å². The molecule has 1 aromatic heterocycles. The fourth-order valence-corrected chi connectivity index (χ4v) is 5.10. The van der Waals surface area contributed by atoms with Gasteiger partial charge in [0.2, 0.25) is 0 Å². The number of fused-ring (bicyclic) bond motifs is 1. The third-order valence-corrected chi connectivity index (χ3v) is 7.25. The molecule has 2 N–H and O–H groups in total. The number of esters is 1. The van der Waals surface area contributed by atoms with Crippen molar-refractivity contribution in [2.24, 2.45) is 5.10 Å². The van der Waals surface area contributed by atoms with Gasteiger partial charge in [0, 0.05) is 26.0 Å². The Morgan fingerprint density at radius 3 is 2.59 bits per heavy atom. The molecule has 1 heterocycles. The monoisotopic (exact) mass is 629 g/mol. The van der Waals surface area contributed by atoms with Crippen molar-refractivity contribution in [1.82, 2.24) is 10.4 Å². The number of benzene rings is 4. The molecule has 5 rings (SSSR count). The molecule has 0 radical (unpaired) electrons. The molecule has 7 nitrogen and oxygen atoms in total. The average molecular weight is 631 g/mol. The van der Waals surface area contributed by atoms with Gasteiger partial charge >= 0.3 is 5.97 Å². The van der Waals surface area contributed by atoms with Crippen LogP contribution in [0.1, 0.15) is 38.9 Å². The minimum absolute atomic E-state index is 0.285. The lowest BCUT2D eigenvalue weighted by atomic mass is 10.0. The highest BCUT2D eigenvalue weighted by atomic mass is 79.9. The minimum atomic E-state index is -0.484. The van der Waals surface area contributed by atoms with E-state index in [0.717, 1.165) is 26.5 Å². The highest BCUT2D eigenvalue weighted by Gasteiger charge is 2.21. The highest BCUT2D eigenvalue weighted by Crippen LogP contribution is 2.38. The van der Waals surface area contributed by atoms with Crippen molar-refractivity contribution in [2.45, 2.75) is 13.8 Å². The molecule has 41 heavy (non-hydrogen) atoms. The zero-order valence-electron chi connectivity index (χ0n) is 22.2. The Kier molecular flexibility index (Phi) is 8.52. The topological polar surface area (TPSA) is 92.8 Å². The fourth-order valence-electron chi connectivity index (χ4n) is 4.41. The van der Waals surface area contributed by atoms with Gasteiger partial charge in [-0.1, -0.05) is 59.6 Å². The van der Waals surface area contributed by atoms with Gasteiger partial charge in [-0.2, -0.15) is 5.10 Å². The number of H-pyrrole nitrogens is 1. The number of aromatic amines is 1. The maximum absolute atomic E-state index is 13.3. The molecule has 0 aliphatic heterocycles. The van der Waals surface area contributed by atoms with Crippen LogP contribution in [0, 0.1) is 6.92 Å². The number of hydrogen-bond donors (Lipinski definition) is 2. The molecule has 0 atom stereocenters. The number of carbonyl (C=O) groups is 2. The van der Waals surface area contributed by atoms with E-state index in [1.165, 1.54) is 6.21 Å². The van der Waals surface area contributed by atoms with Crippen LogP contribution in [0.25, 0.3) is 22.0 Å². The molecule has 5 aromatic rings. The Labute approximate surface area is 250 Å². The van der Waals surface area contributed by atoms with Crippen LogP contribution in [0.15, 0.2) is 94.5 Å². The normalized spacial score (nSPS) is 11.1. The first-order valence-electron chi connectivity index (χ1n) is 12.8. The Balaban J connectivity index is 1.38. The highest BCUT2D eigenvalue weighted by molar-refractivity contribution is 9.10. The summed E-state index contributed by atoms with van der Waals surface area (Å²) in [4.78, 5) is 29.2. The van der Waals surface area contributed by atoms with Gasteiger partial charge in [-0.25, -0.2) is 10.2 Å². The summed E-state index contributed by atoms with van der Waals surface area (Å²) >= 11 is 10.1. The largest absolute Gasteiger partial charge is 0.490 e.